The number of aliphatic hydroxyl groups excluding tert-OH is 1. The molecule has 1 aromatic heterocycles. The van der Waals surface area contributed by atoms with Crippen molar-refractivity contribution < 1.29 is 18.7 Å². The van der Waals surface area contributed by atoms with Gasteiger partial charge in [0.1, 0.15) is 17.7 Å². The summed E-state index contributed by atoms with van der Waals surface area (Å²) >= 11 is 6.04. The molecule has 31 heavy (non-hydrogen) atoms. The van der Waals surface area contributed by atoms with Crippen LogP contribution in [0.15, 0.2) is 72.6 Å². The van der Waals surface area contributed by atoms with Gasteiger partial charge in [0, 0.05) is 40.2 Å². The number of hydrogen-bond acceptors (Lipinski definition) is 3. The Hall–Kier alpha value is -2.89. The smallest absolute Gasteiger partial charge is 0.192 e. The summed E-state index contributed by atoms with van der Waals surface area (Å²) in [4.78, 5) is 17.6. The van der Waals surface area contributed by atoms with E-state index in [0.717, 1.165) is 12.1 Å². The summed E-state index contributed by atoms with van der Waals surface area (Å²) < 4.78 is 27.7. The third-order valence-electron chi connectivity index (χ3n) is 5.19. The van der Waals surface area contributed by atoms with Gasteiger partial charge in [0.05, 0.1) is 0 Å². The molecular formula is C25H22ClF2NO2. The summed E-state index contributed by atoms with van der Waals surface area (Å²) in [6.45, 7) is 3.89. The summed E-state index contributed by atoms with van der Waals surface area (Å²) in [6, 6.07) is 12.8. The molecule has 0 amide bonds. The lowest BCUT2D eigenvalue weighted by atomic mass is 9.81. The first kappa shape index (κ1) is 22.8. The van der Waals surface area contributed by atoms with Crippen molar-refractivity contribution in [3.63, 3.8) is 0 Å². The number of nitrogens with zero attached hydrogens (tertiary/aromatic N) is 1. The van der Waals surface area contributed by atoms with E-state index in [4.69, 9.17) is 11.6 Å². The molecule has 2 aromatic carbocycles. The fraction of sp³-hybridized carbons (Fsp3) is 0.200. The van der Waals surface area contributed by atoms with Crippen LogP contribution in [0.25, 0.3) is 5.57 Å². The molecule has 0 saturated heterocycles. The van der Waals surface area contributed by atoms with Gasteiger partial charge in [-0.1, -0.05) is 43.6 Å². The van der Waals surface area contributed by atoms with Gasteiger partial charge in [0.2, 0.25) is 0 Å². The lowest BCUT2D eigenvalue weighted by Crippen LogP contribution is -2.18. The van der Waals surface area contributed by atoms with Crippen LogP contribution in [0, 0.1) is 17.6 Å². The second-order valence-electron chi connectivity index (χ2n) is 7.32. The number of ketones is 1. The number of pyridine rings is 1. The Morgan fingerprint density at radius 2 is 1.71 bits per heavy atom. The van der Waals surface area contributed by atoms with Crippen LogP contribution < -0.4 is 0 Å². The van der Waals surface area contributed by atoms with E-state index in [9.17, 15) is 18.7 Å². The molecule has 2 atom stereocenters. The zero-order valence-corrected chi connectivity index (χ0v) is 17.9. The number of carbonyl (C=O) groups is 1. The third-order valence-corrected chi connectivity index (χ3v) is 5.45. The number of aromatic nitrogens is 1. The van der Waals surface area contributed by atoms with E-state index in [1.807, 2.05) is 13.8 Å². The Balaban J connectivity index is 2.30. The molecule has 160 valence electrons. The Bertz CT molecular complexity index is 1080. The molecule has 0 radical (unpaired) electrons. The molecule has 0 bridgehead atoms. The third kappa shape index (κ3) is 5.24. The number of rotatable bonds is 7. The quantitative estimate of drug-likeness (QED) is 0.339. The predicted molar refractivity (Wildman–Crippen MR) is 118 cm³/mol. The zero-order valence-electron chi connectivity index (χ0n) is 17.1. The van der Waals surface area contributed by atoms with Gasteiger partial charge in [-0.25, -0.2) is 8.78 Å². The number of aliphatic hydroxyl groups is 1. The van der Waals surface area contributed by atoms with Gasteiger partial charge in [-0.3, -0.25) is 9.78 Å². The molecule has 0 aliphatic heterocycles. The van der Waals surface area contributed by atoms with Gasteiger partial charge in [-0.15, -0.1) is 0 Å². The van der Waals surface area contributed by atoms with Crippen molar-refractivity contribution in [2.75, 3.05) is 0 Å². The standard InChI is InChI=1S/C25H22ClF2NO2/c1-3-15(2)22(16-6-8-19(26)9-7-16)23(24(30)17-5-4-10-29-14-17)25(31)18-11-20(27)13-21(28)12-18/h4-15,24,30H,3H2,1-2H3/b23-22+. The molecule has 6 heteroatoms. The first-order valence-corrected chi connectivity index (χ1v) is 10.3. The van der Waals surface area contributed by atoms with E-state index < -0.39 is 23.5 Å². The SMILES string of the molecule is CCC(C)/C(=C(\C(=O)c1cc(F)cc(F)c1)C(O)c1cccnc1)c1ccc(Cl)cc1. The van der Waals surface area contributed by atoms with Crippen LogP contribution in [-0.2, 0) is 0 Å². The molecule has 0 saturated carbocycles. The average Bonchev–Trinajstić information content (AvgIpc) is 2.77. The second kappa shape index (κ2) is 9.94. The van der Waals surface area contributed by atoms with Crippen molar-refractivity contribution in [1.29, 1.82) is 0 Å². The van der Waals surface area contributed by atoms with E-state index in [1.165, 1.54) is 6.20 Å². The van der Waals surface area contributed by atoms with E-state index in [0.29, 0.717) is 34.2 Å². The molecule has 0 aliphatic rings. The lowest BCUT2D eigenvalue weighted by molar-refractivity contribution is 0.0986. The molecule has 0 fully saturated rings. The van der Waals surface area contributed by atoms with Crippen LogP contribution >= 0.6 is 11.6 Å². The van der Waals surface area contributed by atoms with E-state index in [2.05, 4.69) is 4.98 Å². The molecule has 3 aromatic rings. The highest BCUT2D eigenvalue weighted by Gasteiger charge is 2.29. The normalized spacial score (nSPS) is 14.0. The molecule has 1 N–H and O–H groups in total. The summed E-state index contributed by atoms with van der Waals surface area (Å²) in [7, 11) is 0. The predicted octanol–water partition coefficient (Wildman–Crippen LogP) is 6.43. The number of halogens is 3. The summed E-state index contributed by atoms with van der Waals surface area (Å²) in [5.41, 5.74) is 1.56. The summed E-state index contributed by atoms with van der Waals surface area (Å²) in [6.07, 6.45) is 2.34. The Morgan fingerprint density at radius 1 is 1.06 bits per heavy atom. The first-order valence-electron chi connectivity index (χ1n) is 9.90. The van der Waals surface area contributed by atoms with Crippen LogP contribution in [0.3, 0.4) is 0 Å². The number of carbonyl (C=O) groups excluding carboxylic acids is 1. The number of allylic oxidation sites excluding steroid dienone is 1. The van der Waals surface area contributed by atoms with Gasteiger partial charge >= 0.3 is 0 Å². The fourth-order valence-corrected chi connectivity index (χ4v) is 3.60. The lowest BCUT2D eigenvalue weighted by Gasteiger charge is -2.24. The topological polar surface area (TPSA) is 50.2 Å². The van der Waals surface area contributed by atoms with Crippen molar-refractivity contribution in [3.8, 4) is 0 Å². The molecule has 3 rings (SSSR count). The number of hydrogen-bond donors (Lipinski definition) is 1. The van der Waals surface area contributed by atoms with E-state index in [-0.39, 0.29) is 17.1 Å². The molecule has 1 heterocycles. The maximum absolute atomic E-state index is 13.9. The highest BCUT2D eigenvalue weighted by atomic mass is 35.5. The van der Waals surface area contributed by atoms with Crippen LogP contribution in [0.5, 0.6) is 0 Å². The van der Waals surface area contributed by atoms with Crippen molar-refractivity contribution in [2.24, 2.45) is 5.92 Å². The van der Waals surface area contributed by atoms with E-state index >= 15 is 0 Å². The Kier molecular flexibility index (Phi) is 7.31. The van der Waals surface area contributed by atoms with Crippen LogP contribution in [0.2, 0.25) is 5.02 Å². The van der Waals surface area contributed by atoms with Gasteiger partial charge in [-0.2, -0.15) is 0 Å². The van der Waals surface area contributed by atoms with Crippen molar-refractivity contribution in [1.82, 2.24) is 4.98 Å². The minimum Gasteiger partial charge on any atom is -0.383 e. The van der Waals surface area contributed by atoms with Gasteiger partial charge in [0.25, 0.3) is 0 Å². The van der Waals surface area contributed by atoms with Crippen molar-refractivity contribution >= 4 is 23.0 Å². The highest BCUT2D eigenvalue weighted by Crippen LogP contribution is 2.37. The average molecular weight is 442 g/mol. The minimum absolute atomic E-state index is 0.0506. The monoisotopic (exact) mass is 441 g/mol. The zero-order chi connectivity index (χ0) is 22.5. The molecular weight excluding hydrogens is 420 g/mol. The van der Waals surface area contributed by atoms with Crippen LogP contribution in [0.4, 0.5) is 8.78 Å². The maximum Gasteiger partial charge on any atom is 0.192 e. The van der Waals surface area contributed by atoms with Gasteiger partial charge in [-0.05, 0) is 53.8 Å². The largest absolute Gasteiger partial charge is 0.383 e. The summed E-state index contributed by atoms with van der Waals surface area (Å²) in [5.74, 6) is -2.52. The molecule has 3 nitrogen and oxygen atoms in total. The fourth-order valence-electron chi connectivity index (χ4n) is 3.48. The van der Waals surface area contributed by atoms with Crippen molar-refractivity contribution in [2.45, 2.75) is 26.4 Å². The highest BCUT2D eigenvalue weighted by molar-refractivity contribution is 6.30. The number of Topliss-reactive ketones (excluding diaryl/α,β-unsaturated/α-hetero) is 1. The first-order chi connectivity index (χ1) is 14.8. The molecule has 0 aliphatic carbocycles. The molecule has 2 unspecified atom stereocenters. The maximum atomic E-state index is 13.9. The van der Waals surface area contributed by atoms with Crippen molar-refractivity contribution in [3.05, 3.63) is 106 Å². The number of benzene rings is 2. The minimum atomic E-state index is -1.34. The van der Waals surface area contributed by atoms with Crippen LogP contribution in [-0.4, -0.2) is 15.9 Å². The Morgan fingerprint density at radius 3 is 2.26 bits per heavy atom. The Labute approximate surface area is 185 Å². The van der Waals surface area contributed by atoms with Gasteiger partial charge < -0.3 is 5.11 Å². The second-order valence-corrected chi connectivity index (χ2v) is 7.76. The summed E-state index contributed by atoms with van der Waals surface area (Å²) in [5, 5.41) is 11.8. The van der Waals surface area contributed by atoms with Gasteiger partial charge in [0.15, 0.2) is 5.78 Å². The van der Waals surface area contributed by atoms with E-state index in [1.54, 1.807) is 42.6 Å². The molecule has 0 spiro atoms. The van der Waals surface area contributed by atoms with Crippen LogP contribution in [0.1, 0.15) is 47.9 Å².